The molecule has 1 rings (SSSR count). The molecule has 0 aromatic rings. The number of allylic oxidation sites excluding steroid dienone is 4. The molecule has 1 aliphatic carbocycles. The second kappa shape index (κ2) is 2.21. The molecule has 0 saturated heterocycles. The number of hydrogen-bond acceptors (Lipinski definition) is 2. The van der Waals surface area contributed by atoms with Gasteiger partial charge in [0.15, 0.2) is 10.6 Å². The van der Waals surface area contributed by atoms with Crippen molar-refractivity contribution in [3.8, 4) is 0 Å². The van der Waals surface area contributed by atoms with Gasteiger partial charge in [0, 0.05) is 0 Å². The van der Waals surface area contributed by atoms with E-state index >= 15 is 0 Å². The standard InChI is InChI=1S/C6H3BrO2/c7-4-1-2-5(8)6(9)3-4/h2-3H,(H-,8,9)/p+1. The summed E-state index contributed by atoms with van der Waals surface area (Å²) in [6.45, 7) is 0. The predicted molar refractivity (Wildman–Crippen MR) is 37.1 cm³/mol. The second-order valence-corrected chi connectivity index (χ2v) is 2.41. The molecule has 0 amide bonds. The molecule has 2 nitrogen and oxygen atoms in total. The molecule has 3 heteroatoms. The summed E-state index contributed by atoms with van der Waals surface area (Å²) in [5, 5.41) is 17.5. The Bertz CT molecular complexity index is 213. The smallest absolute Gasteiger partial charge is 0.276 e. The van der Waals surface area contributed by atoms with Crippen LogP contribution in [-0.4, -0.2) is 10.2 Å². The molecule has 0 atom stereocenters. The Labute approximate surface area is 60.9 Å². The van der Waals surface area contributed by atoms with Crippen LogP contribution in [0.4, 0.5) is 0 Å². The van der Waals surface area contributed by atoms with Crippen LogP contribution in [0.25, 0.3) is 0 Å². The van der Waals surface area contributed by atoms with Gasteiger partial charge in [0.1, 0.15) is 6.08 Å². The summed E-state index contributed by atoms with van der Waals surface area (Å²) in [5.41, 5.74) is 0. The van der Waals surface area contributed by atoms with E-state index in [4.69, 9.17) is 10.2 Å². The lowest BCUT2D eigenvalue weighted by Crippen LogP contribution is -1.88. The normalized spacial score (nSPS) is 17.2. The van der Waals surface area contributed by atoms with Gasteiger partial charge in [-0.25, -0.2) is 0 Å². The predicted octanol–water partition coefficient (Wildman–Crippen LogP) is 1.97. The van der Waals surface area contributed by atoms with E-state index in [2.05, 4.69) is 22.0 Å². The quantitative estimate of drug-likeness (QED) is 0.570. The van der Waals surface area contributed by atoms with Gasteiger partial charge < -0.3 is 10.2 Å². The van der Waals surface area contributed by atoms with Crippen LogP contribution in [0.5, 0.6) is 0 Å². The van der Waals surface area contributed by atoms with Crippen LogP contribution in [0.1, 0.15) is 0 Å². The molecule has 0 fully saturated rings. The van der Waals surface area contributed by atoms with Gasteiger partial charge in [-0.15, -0.1) is 0 Å². The maximum Gasteiger partial charge on any atom is 0.276 e. The summed E-state index contributed by atoms with van der Waals surface area (Å²) in [5.74, 6) is -0.293. The Morgan fingerprint density at radius 2 is 2.00 bits per heavy atom. The van der Waals surface area contributed by atoms with Crippen LogP contribution in [-0.2, 0) is 0 Å². The summed E-state index contributed by atoms with van der Waals surface area (Å²) in [7, 11) is 0. The first-order valence-corrected chi connectivity index (χ1v) is 3.08. The Balaban J connectivity index is 3.01. The molecule has 46 valence electrons. The first-order chi connectivity index (χ1) is 4.20. The van der Waals surface area contributed by atoms with Crippen molar-refractivity contribution in [1.29, 1.82) is 0 Å². The first kappa shape index (κ1) is 6.33. The van der Waals surface area contributed by atoms with Crippen LogP contribution < -0.4 is 0 Å². The summed E-state index contributed by atoms with van der Waals surface area (Å²) in [6.07, 6.45) is 5.31. The van der Waals surface area contributed by atoms with Crippen LogP contribution in [0.15, 0.2) is 28.2 Å². The van der Waals surface area contributed by atoms with Gasteiger partial charge in [-0.05, 0) is 15.9 Å². The summed E-state index contributed by atoms with van der Waals surface area (Å²) in [6, 6.07) is 0. The maximum atomic E-state index is 8.80. The lowest BCUT2D eigenvalue weighted by molar-refractivity contribution is 0.350. The Hall–Kier alpha value is -0.790. The van der Waals surface area contributed by atoms with Crippen molar-refractivity contribution in [3.05, 3.63) is 34.2 Å². The van der Waals surface area contributed by atoms with E-state index < -0.39 is 0 Å². The monoisotopic (exact) mass is 187 g/mol. The minimum Gasteiger partial charge on any atom is -0.485 e. The zero-order valence-electron chi connectivity index (χ0n) is 4.43. The fourth-order valence-electron chi connectivity index (χ4n) is 0.447. The van der Waals surface area contributed by atoms with Gasteiger partial charge in [-0.1, -0.05) is 0 Å². The first-order valence-electron chi connectivity index (χ1n) is 2.29. The molecule has 0 aromatic heterocycles. The Kier molecular flexibility index (Phi) is 1.56. The SMILES string of the molecule is OC1=C(O)C=C(Br)[C+]=C1. The lowest BCUT2D eigenvalue weighted by Gasteiger charge is -1.89. The Morgan fingerprint density at radius 1 is 1.33 bits per heavy atom. The van der Waals surface area contributed by atoms with Crippen molar-refractivity contribution in [3.63, 3.8) is 0 Å². The summed E-state index contributed by atoms with van der Waals surface area (Å²) < 4.78 is 0.623. The van der Waals surface area contributed by atoms with Gasteiger partial charge >= 0.3 is 0 Å². The fourth-order valence-corrected chi connectivity index (χ4v) is 0.778. The number of aliphatic hydroxyl groups is 2. The van der Waals surface area contributed by atoms with Crippen molar-refractivity contribution >= 4 is 15.9 Å². The maximum absolute atomic E-state index is 8.80. The summed E-state index contributed by atoms with van der Waals surface area (Å²) >= 11 is 3.07. The molecule has 0 spiro atoms. The third-order valence-electron chi connectivity index (χ3n) is 0.873. The van der Waals surface area contributed by atoms with Gasteiger partial charge in [0.05, 0.1) is 6.08 Å². The van der Waals surface area contributed by atoms with Crippen molar-refractivity contribution in [2.45, 2.75) is 0 Å². The molecule has 0 bridgehead atoms. The van der Waals surface area contributed by atoms with Gasteiger partial charge in [0.2, 0.25) is 0 Å². The van der Waals surface area contributed by atoms with E-state index in [1.807, 2.05) is 0 Å². The molecule has 2 N–H and O–H groups in total. The van der Waals surface area contributed by atoms with E-state index in [-0.39, 0.29) is 11.5 Å². The average Bonchev–Trinajstić information content (AvgIpc) is 1.80. The number of hydrogen-bond donors (Lipinski definition) is 2. The number of rotatable bonds is 0. The second-order valence-electron chi connectivity index (χ2n) is 1.55. The van der Waals surface area contributed by atoms with Gasteiger partial charge in [-0.2, -0.15) is 0 Å². The zero-order valence-corrected chi connectivity index (χ0v) is 6.01. The van der Waals surface area contributed by atoms with E-state index in [9.17, 15) is 0 Å². The molecule has 0 unspecified atom stereocenters. The van der Waals surface area contributed by atoms with Crippen LogP contribution in [0, 0.1) is 6.08 Å². The molecule has 0 aliphatic heterocycles. The lowest BCUT2D eigenvalue weighted by atomic mass is 10.2. The van der Waals surface area contributed by atoms with E-state index in [0.29, 0.717) is 4.48 Å². The fraction of sp³-hybridized carbons (Fsp3) is 0. The molecule has 0 radical (unpaired) electrons. The van der Waals surface area contributed by atoms with Crippen molar-refractivity contribution < 1.29 is 10.2 Å². The molecule has 9 heavy (non-hydrogen) atoms. The molecule has 0 saturated carbocycles. The third-order valence-corrected chi connectivity index (χ3v) is 1.33. The average molecular weight is 188 g/mol. The topological polar surface area (TPSA) is 40.5 Å². The highest BCUT2D eigenvalue weighted by molar-refractivity contribution is 9.11. The Morgan fingerprint density at radius 3 is 2.44 bits per heavy atom. The van der Waals surface area contributed by atoms with Crippen LogP contribution >= 0.6 is 15.9 Å². The van der Waals surface area contributed by atoms with E-state index in [0.717, 1.165) is 0 Å². The number of halogens is 1. The largest absolute Gasteiger partial charge is 0.485 e. The van der Waals surface area contributed by atoms with Crippen LogP contribution in [0.3, 0.4) is 0 Å². The van der Waals surface area contributed by atoms with Crippen molar-refractivity contribution in [2.75, 3.05) is 0 Å². The highest BCUT2D eigenvalue weighted by Gasteiger charge is 2.13. The van der Waals surface area contributed by atoms with E-state index in [1.165, 1.54) is 12.2 Å². The van der Waals surface area contributed by atoms with Crippen molar-refractivity contribution in [1.82, 2.24) is 0 Å². The van der Waals surface area contributed by atoms with Crippen LogP contribution in [0.2, 0.25) is 0 Å². The van der Waals surface area contributed by atoms with E-state index in [1.54, 1.807) is 0 Å². The molecular formula is C6H4BrO2+. The minimum atomic E-state index is -0.154. The van der Waals surface area contributed by atoms with Gasteiger partial charge in [-0.3, -0.25) is 0 Å². The van der Waals surface area contributed by atoms with Gasteiger partial charge in [0.25, 0.3) is 11.5 Å². The summed E-state index contributed by atoms with van der Waals surface area (Å²) in [4.78, 5) is 0. The zero-order chi connectivity index (χ0) is 6.85. The van der Waals surface area contributed by atoms with Crippen molar-refractivity contribution in [2.24, 2.45) is 0 Å². The molecule has 1 aliphatic rings. The molecule has 0 heterocycles. The molecular weight excluding hydrogens is 184 g/mol. The highest BCUT2D eigenvalue weighted by atomic mass is 79.9. The minimum absolute atomic E-state index is 0.138. The third kappa shape index (κ3) is 1.31. The number of aliphatic hydroxyl groups excluding tert-OH is 2. The highest BCUT2D eigenvalue weighted by Crippen LogP contribution is 2.16. The molecule has 0 aromatic carbocycles.